The van der Waals surface area contributed by atoms with E-state index >= 15 is 0 Å². The Kier molecular flexibility index (Phi) is 4.75. The maximum Gasteiger partial charge on any atom is 0.134 e. The van der Waals surface area contributed by atoms with E-state index in [1.807, 2.05) is 44.4 Å². The Hall–Kier alpha value is -3.93. The fourth-order valence-corrected chi connectivity index (χ4v) is 3.81. The third kappa shape index (κ3) is 3.80. The molecule has 31 heavy (non-hydrogen) atoms. The average molecular weight is 409 g/mol. The normalized spacial score (nSPS) is 12.2. The van der Waals surface area contributed by atoms with Gasteiger partial charge in [0.1, 0.15) is 17.2 Å². The number of aryl methyl sites for hydroxylation is 2. The molecule has 2 N–H and O–H groups in total. The summed E-state index contributed by atoms with van der Waals surface area (Å²) < 4.78 is 5.57. The van der Waals surface area contributed by atoms with Crippen molar-refractivity contribution in [2.75, 3.05) is 5.32 Å². The van der Waals surface area contributed by atoms with E-state index in [1.165, 1.54) is 5.56 Å². The molecule has 0 fully saturated rings. The molecule has 2 aromatic carbocycles. The van der Waals surface area contributed by atoms with E-state index in [0.717, 1.165) is 50.6 Å². The van der Waals surface area contributed by atoms with Crippen molar-refractivity contribution in [3.63, 3.8) is 0 Å². The van der Waals surface area contributed by atoms with E-state index in [-0.39, 0.29) is 6.04 Å². The van der Waals surface area contributed by atoms with E-state index in [1.54, 1.807) is 6.26 Å². The molecule has 0 unspecified atom stereocenters. The molecule has 3 aromatic heterocycles. The zero-order valence-electron chi connectivity index (χ0n) is 17.7. The van der Waals surface area contributed by atoms with Crippen molar-refractivity contribution in [2.24, 2.45) is 0 Å². The first kappa shape index (κ1) is 19.1. The minimum Gasteiger partial charge on any atom is -0.464 e. The Bertz CT molecular complexity index is 1350. The van der Waals surface area contributed by atoms with Crippen molar-refractivity contribution >= 4 is 16.8 Å². The van der Waals surface area contributed by atoms with Gasteiger partial charge in [-0.25, -0.2) is 9.97 Å². The highest BCUT2D eigenvalue weighted by molar-refractivity contribution is 5.85. The smallest absolute Gasteiger partial charge is 0.134 e. The summed E-state index contributed by atoms with van der Waals surface area (Å²) >= 11 is 0. The van der Waals surface area contributed by atoms with Crippen LogP contribution in [0.5, 0.6) is 0 Å². The molecule has 0 saturated heterocycles. The van der Waals surface area contributed by atoms with Crippen molar-refractivity contribution in [1.82, 2.24) is 20.2 Å². The fraction of sp³-hybridized carbons (Fsp3) is 0.160. The molecule has 3 heterocycles. The Balaban J connectivity index is 1.44. The van der Waals surface area contributed by atoms with Crippen molar-refractivity contribution in [3.8, 4) is 22.4 Å². The molecule has 0 radical (unpaired) electrons. The van der Waals surface area contributed by atoms with Crippen LogP contribution in [0.25, 0.3) is 33.4 Å². The number of hydrogen-bond acceptors (Lipinski definition) is 5. The van der Waals surface area contributed by atoms with Gasteiger partial charge in [-0.05, 0) is 61.7 Å². The van der Waals surface area contributed by atoms with Gasteiger partial charge >= 0.3 is 0 Å². The van der Waals surface area contributed by atoms with Crippen LogP contribution in [0.2, 0.25) is 0 Å². The molecule has 0 saturated carbocycles. The quantitative estimate of drug-likeness (QED) is 0.368. The molecule has 1 atom stereocenters. The van der Waals surface area contributed by atoms with E-state index < -0.39 is 0 Å². The molecule has 6 nitrogen and oxygen atoms in total. The van der Waals surface area contributed by atoms with E-state index in [9.17, 15) is 0 Å². The molecule has 5 rings (SSSR count). The molecule has 0 aliphatic heterocycles. The van der Waals surface area contributed by atoms with Crippen LogP contribution in [0.3, 0.4) is 0 Å². The number of hydrogen-bond donors (Lipinski definition) is 2. The largest absolute Gasteiger partial charge is 0.464 e. The standard InChI is InChI=1S/C25H23N5O/c1-15-14-31-24-8-7-20(10-22(15)24)23-11-25(30-17(3)29-23)28-16(2)18-5-4-6-19(9-18)21-12-26-27-13-21/h4-14,16H,1-3H3,(H,26,27)(H,28,29,30)/t16-/m0/s1. The Morgan fingerprint density at radius 1 is 0.968 bits per heavy atom. The van der Waals surface area contributed by atoms with Gasteiger partial charge in [0, 0.05) is 34.8 Å². The third-order valence-electron chi connectivity index (χ3n) is 5.48. The van der Waals surface area contributed by atoms with E-state index in [0.29, 0.717) is 0 Å². The van der Waals surface area contributed by atoms with Crippen LogP contribution in [-0.2, 0) is 0 Å². The second-order valence-corrected chi connectivity index (χ2v) is 7.79. The number of nitrogens with zero attached hydrogens (tertiary/aromatic N) is 3. The highest BCUT2D eigenvalue weighted by atomic mass is 16.3. The number of H-pyrrole nitrogens is 1. The Labute approximate surface area is 180 Å². The molecule has 154 valence electrons. The van der Waals surface area contributed by atoms with Crippen LogP contribution < -0.4 is 5.32 Å². The van der Waals surface area contributed by atoms with Crippen molar-refractivity contribution in [3.05, 3.63) is 84.1 Å². The van der Waals surface area contributed by atoms with Crippen molar-refractivity contribution in [2.45, 2.75) is 26.8 Å². The van der Waals surface area contributed by atoms with Crippen molar-refractivity contribution < 1.29 is 4.42 Å². The summed E-state index contributed by atoms with van der Waals surface area (Å²) in [4.78, 5) is 9.27. The molecule has 0 spiro atoms. The van der Waals surface area contributed by atoms with Gasteiger partial charge in [0.15, 0.2) is 0 Å². The van der Waals surface area contributed by atoms with Gasteiger partial charge in [0.2, 0.25) is 0 Å². The maximum absolute atomic E-state index is 5.57. The lowest BCUT2D eigenvalue weighted by Crippen LogP contribution is -2.09. The van der Waals surface area contributed by atoms with Crippen LogP contribution >= 0.6 is 0 Å². The monoisotopic (exact) mass is 409 g/mol. The molecule has 0 aliphatic rings. The van der Waals surface area contributed by atoms with Crippen LogP contribution in [0, 0.1) is 13.8 Å². The Morgan fingerprint density at radius 3 is 2.71 bits per heavy atom. The maximum atomic E-state index is 5.57. The predicted molar refractivity (Wildman–Crippen MR) is 123 cm³/mol. The molecule has 5 aromatic rings. The molecular weight excluding hydrogens is 386 g/mol. The molecule has 0 amide bonds. The minimum atomic E-state index is 0.0765. The predicted octanol–water partition coefficient (Wildman–Crippen LogP) is 6.07. The number of rotatable bonds is 5. The van der Waals surface area contributed by atoms with E-state index in [4.69, 9.17) is 4.42 Å². The summed E-state index contributed by atoms with van der Waals surface area (Å²) in [6.07, 6.45) is 5.51. The molecule has 0 aliphatic carbocycles. The summed E-state index contributed by atoms with van der Waals surface area (Å²) in [6.45, 7) is 6.10. The highest BCUT2D eigenvalue weighted by Crippen LogP contribution is 2.29. The number of aromatic amines is 1. The van der Waals surface area contributed by atoms with Crippen LogP contribution in [0.4, 0.5) is 5.82 Å². The topological polar surface area (TPSA) is 79.6 Å². The first-order valence-electron chi connectivity index (χ1n) is 10.3. The van der Waals surface area contributed by atoms with Crippen LogP contribution in [0.15, 0.2) is 71.6 Å². The minimum absolute atomic E-state index is 0.0765. The zero-order chi connectivity index (χ0) is 21.4. The lowest BCUT2D eigenvalue weighted by Gasteiger charge is -2.17. The number of furan rings is 1. The number of fused-ring (bicyclic) bond motifs is 1. The second-order valence-electron chi connectivity index (χ2n) is 7.79. The van der Waals surface area contributed by atoms with Gasteiger partial charge in [-0.15, -0.1) is 0 Å². The molecule has 0 bridgehead atoms. The summed E-state index contributed by atoms with van der Waals surface area (Å²) in [5, 5.41) is 11.6. The van der Waals surface area contributed by atoms with Gasteiger partial charge in [-0.1, -0.05) is 18.2 Å². The molecule has 6 heteroatoms. The summed E-state index contributed by atoms with van der Waals surface area (Å²) in [7, 11) is 0. The number of benzene rings is 2. The lowest BCUT2D eigenvalue weighted by atomic mass is 10.0. The first-order chi connectivity index (χ1) is 15.1. The fourth-order valence-electron chi connectivity index (χ4n) is 3.81. The SMILES string of the molecule is Cc1nc(N[C@@H](C)c2cccc(-c3cn[nH]c3)c2)cc(-c2ccc3occ(C)c3c2)n1. The van der Waals surface area contributed by atoms with E-state index in [2.05, 4.69) is 62.7 Å². The third-order valence-corrected chi connectivity index (χ3v) is 5.48. The zero-order valence-corrected chi connectivity index (χ0v) is 17.7. The Morgan fingerprint density at radius 2 is 1.87 bits per heavy atom. The van der Waals surface area contributed by atoms with Gasteiger partial charge in [0.25, 0.3) is 0 Å². The summed E-state index contributed by atoms with van der Waals surface area (Å²) in [6, 6.07) is 16.7. The number of anilines is 1. The van der Waals surface area contributed by atoms with Crippen LogP contribution in [-0.4, -0.2) is 20.2 Å². The van der Waals surface area contributed by atoms with Gasteiger partial charge in [-0.2, -0.15) is 5.10 Å². The summed E-state index contributed by atoms with van der Waals surface area (Å²) in [5.41, 5.74) is 7.30. The lowest BCUT2D eigenvalue weighted by molar-refractivity contribution is 0.613. The number of aromatic nitrogens is 4. The summed E-state index contributed by atoms with van der Waals surface area (Å²) in [5.74, 6) is 1.52. The molecular formula is C25H23N5O. The van der Waals surface area contributed by atoms with Crippen molar-refractivity contribution in [1.29, 1.82) is 0 Å². The van der Waals surface area contributed by atoms with Gasteiger partial charge in [-0.3, -0.25) is 5.10 Å². The van der Waals surface area contributed by atoms with Gasteiger partial charge in [0.05, 0.1) is 18.2 Å². The second kappa shape index (κ2) is 7.72. The van der Waals surface area contributed by atoms with Gasteiger partial charge < -0.3 is 9.73 Å². The van der Waals surface area contributed by atoms with Crippen LogP contribution in [0.1, 0.15) is 29.9 Å². The number of nitrogens with one attached hydrogen (secondary N) is 2. The highest BCUT2D eigenvalue weighted by Gasteiger charge is 2.12. The average Bonchev–Trinajstić information content (AvgIpc) is 3.44. The first-order valence-corrected chi connectivity index (χ1v) is 10.3.